The Labute approximate surface area is 187 Å². The van der Waals surface area contributed by atoms with Gasteiger partial charge in [-0.1, -0.05) is 29.6 Å². The average molecular weight is 446 g/mol. The normalized spacial score (nSPS) is 13.4. The first-order chi connectivity index (χ1) is 14.2. The Bertz CT molecular complexity index is 1140. The standard InChI is InChI=1S/C22H28N4O2S2/c1-6-23-20(27)16(21(28)24(7-2)22(23)29)12-13-19-25(14-15-26(3,4)5)17-10-8-9-11-18(17)30-19/h8-12H,6-7,14-15H2,1-5H3/p+1. The number of hydrogen-bond acceptors (Lipinski definition) is 5. The maximum atomic E-state index is 12.9. The van der Waals surface area contributed by atoms with Gasteiger partial charge in [0.25, 0.3) is 5.56 Å². The van der Waals surface area contributed by atoms with Crippen LogP contribution in [0.5, 0.6) is 5.88 Å². The molecule has 0 saturated carbocycles. The third kappa shape index (κ3) is 4.42. The summed E-state index contributed by atoms with van der Waals surface area (Å²) < 4.78 is 4.25. The van der Waals surface area contributed by atoms with E-state index in [0.29, 0.717) is 17.9 Å². The number of aromatic hydroxyl groups is 1. The number of likely N-dealkylation sites (N-methyl/N-ethyl adjacent to an activating group) is 1. The van der Waals surface area contributed by atoms with E-state index in [-0.39, 0.29) is 17.0 Å². The first-order valence-electron chi connectivity index (χ1n) is 10.1. The van der Waals surface area contributed by atoms with Crippen LogP contribution in [0.4, 0.5) is 5.69 Å². The van der Waals surface area contributed by atoms with Crippen LogP contribution in [0.3, 0.4) is 0 Å². The Hall–Kier alpha value is -2.25. The lowest BCUT2D eigenvalue weighted by Gasteiger charge is -2.28. The van der Waals surface area contributed by atoms with E-state index >= 15 is 0 Å². The van der Waals surface area contributed by atoms with E-state index < -0.39 is 0 Å². The zero-order valence-corrected chi connectivity index (χ0v) is 19.8. The number of thioether (sulfide) groups is 1. The predicted molar refractivity (Wildman–Crippen MR) is 127 cm³/mol. The van der Waals surface area contributed by atoms with Gasteiger partial charge in [-0.05, 0) is 38.2 Å². The van der Waals surface area contributed by atoms with Crippen molar-refractivity contribution >= 4 is 35.7 Å². The van der Waals surface area contributed by atoms with Gasteiger partial charge in [0.15, 0.2) is 4.77 Å². The van der Waals surface area contributed by atoms with E-state index in [4.69, 9.17) is 12.2 Å². The SMILES string of the molecule is CCn1c(O)c(C=C=C2Sc3ccccc3N2CC[N+](C)(C)C)c(=O)n(CC)c1=S. The van der Waals surface area contributed by atoms with Crippen LogP contribution < -0.4 is 10.5 Å². The molecule has 0 atom stereocenters. The lowest BCUT2D eigenvalue weighted by Crippen LogP contribution is -2.41. The molecule has 0 saturated heterocycles. The van der Waals surface area contributed by atoms with Crippen molar-refractivity contribution in [3.8, 4) is 5.88 Å². The quantitative estimate of drug-likeness (QED) is 0.415. The van der Waals surface area contributed by atoms with Gasteiger partial charge in [-0.25, -0.2) is 0 Å². The molecule has 2 aromatic rings. The minimum absolute atomic E-state index is 0.108. The summed E-state index contributed by atoms with van der Waals surface area (Å²) in [6.45, 7) is 6.48. The van der Waals surface area contributed by atoms with Gasteiger partial charge < -0.3 is 14.5 Å². The second kappa shape index (κ2) is 8.86. The first-order valence-corrected chi connectivity index (χ1v) is 11.3. The molecule has 160 valence electrons. The molecule has 2 heterocycles. The van der Waals surface area contributed by atoms with E-state index in [1.54, 1.807) is 22.4 Å². The Balaban J connectivity index is 2.11. The minimum atomic E-state index is -0.295. The Morgan fingerprint density at radius 2 is 1.83 bits per heavy atom. The molecular weight excluding hydrogens is 416 g/mol. The molecule has 1 N–H and O–H groups in total. The molecule has 0 fully saturated rings. The van der Waals surface area contributed by atoms with Gasteiger partial charge in [0, 0.05) is 24.1 Å². The van der Waals surface area contributed by atoms with Gasteiger partial charge in [-0.2, -0.15) is 0 Å². The monoisotopic (exact) mass is 445 g/mol. The number of benzene rings is 1. The number of fused-ring (bicyclic) bond motifs is 1. The lowest BCUT2D eigenvalue weighted by molar-refractivity contribution is -0.868. The van der Waals surface area contributed by atoms with Crippen LogP contribution in [-0.2, 0) is 13.1 Å². The largest absolute Gasteiger partial charge is 0.494 e. The van der Waals surface area contributed by atoms with Gasteiger partial charge in [-0.3, -0.25) is 13.9 Å². The van der Waals surface area contributed by atoms with Crippen LogP contribution in [0.25, 0.3) is 6.08 Å². The molecule has 1 aliphatic heterocycles. The van der Waals surface area contributed by atoms with Gasteiger partial charge in [0.1, 0.15) is 10.6 Å². The van der Waals surface area contributed by atoms with Crippen molar-refractivity contribution < 1.29 is 9.59 Å². The van der Waals surface area contributed by atoms with Gasteiger partial charge in [0.2, 0.25) is 5.88 Å². The van der Waals surface area contributed by atoms with Crippen LogP contribution >= 0.6 is 24.0 Å². The minimum Gasteiger partial charge on any atom is -0.494 e. The van der Waals surface area contributed by atoms with Crippen molar-refractivity contribution in [1.29, 1.82) is 0 Å². The fourth-order valence-electron chi connectivity index (χ4n) is 3.30. The maximum Gasteiger partial charge on any atom is 0.266 e. The molecular formula is C22H29N4O2S2+. The second-order valence-electron chi connectivity index (χ2n) is 8.14. The van der Waals surface area contributed by atoms with Crippen molar-refractivity contribution in [3.05, 3.63) is 55.7 Å². The molecule has 0 spiro atoms. The predicted octanol–water partition coefficient (Wildman–Crippen LogP) is 3.90. The highest BCUT2D eigenvalue weighted by Gasteiger charge is 2.26. The van der Waals surface area contributed by atoms with E-state index in [9.17, 15) is 9.90 Å². The highest BCUT2D eigenvalue weighted by Crippen LogP contribution is 2.45. The molecule has 1 aliphatic rings. The third-order valence-electron chi connectivity index (χ3n) is 5.01. The number of anilines is 1. The number of hydrogen-bond donors (Lipinski definition) is 1. The van der Waals surface area contributed by atoms with Crippen molar-refractivity contribution in [1.82, 2.24) is 9.13 Å². The Morgan fingerprint density at radius 3 is 2.47 bits per heavy atom. The third-order valence-corrected chi connectivity index (χ3v) is 6.55. The number of para-hydroxylation sites is 1. The molecule has 3 rings (SSSR count). The van der Waals surface area contributed by atoms with E-state index in [0.717, 1.165) is 33.2 Å². The van der Waals surface area contributed by atoms with Crippen LogP contribution in [-0.4, -0.2) is 53.0 Å². The van der Waals surface area contributed by atoms with Crippen molar-refractivity contribution in [2.75, 3.05) is 39.1 Å². The second-order valence-corrected chi connectivity index (χ2v) is 9.54. The summed E-state index contributed by atoms with van der Waals surface area (Å²) in [7, 11) is 6.50. The highest BCUT2D eigenvalue weighted by molar-refractivity contribution is 8.03. The van der Waals surface area contributed by atoms with Gasteiger partial charge in [0.05, 0.1) is 39.9 Å². The molecule has 1 aromatic heterocycles. The number of aromatic nitrogens is 2. The van der Waals surface area contributed by atoms with E-state index in [1.165, 1.54) is 4.57 Å². The summed E-state index contributed by atoms with van der Waals surface area (Å²) in [5.41, 5.74) is 4.35. The van der Waals surface area contributed by atoms with Crippen LogP contribution in [0.15, 0.2) is 44.7 Å². The molecule has 6 nitrogen and oxygen atoms in total. The molecule has 30 heavy (non-hydrogen) atoms. The molecule has 0 amide bonds. The summed E-state index contributed by atoms with van der Waals surface area (Å²) in [5, 5.41) is 11.6. The molecule has 1 aromatic carbocycles. The fourth-order valence-corrected chi connectivity index (χ4v) is 4.78. The fraction of sp³-hybridized carbons (Fsp3) is 0.409. The number of quaternary nitrogens is 1. The van der Waals surface area contributed by atoms with Crippen molar-refractivity contribution in [3.63, 3.8) is 0 Å². The van der Waals surface area contributed by atoms with Crippen LogP contribution in [0.2, 0.25) is 0 Å². The smallest absolute Gasteiger partial charge is 0.266 e. The summed E-state index contributed by atoms with van der Waals surface area (Å²) in [6, 6.07) is 8.25. The average Bonchev–Trinajstić information content (AvgIpc) is 3.04. The van der Waals surface area contributed by atoms with Crippen molar-refractivity contribution in [2.24, 2.45) is 0 Å². The summed E-state index contributed by atoms with van der Waals surface area (Å²) in [5.74, 6) is -0.108. The van der Waals surface area contributed by atoms with Crippen LogP contribution in [0, 0.1) is 4.77 Å². The summed E-state index contributed by atoms with van der Waals surface area (Å²) in [4.78, 5) is 16.3. The Morgan fingerprint density at radius 1 is 1.17 bits per heavy atom. The first kappa shape index (κ1) is 22.4. The molecule has 0 radical (unpaired) electrons. The highest BCUT2D eigenvalue weighted by atomic mass is 32.2. The Kier molecular flexibility index (Phi) is 6.62. The molecule has 0 aliphatic carbocycles. The summed E-state index contributed by atoms with van der Waals surface area (Å²) in [6.07, 6.45) is 1.60. The number of nitrogens with zero attached hydrogens (tertiary/aromatic N) is 4. The number of rotatable bonds is 6. The molecule has 8 heteroatoms. The van der Waals surface area contributed by atoms with Gasteiger partial charge >= 0.3 is 0 Å². The van der Waals surface area contributed by atoms with E-state index in [2.05, 4.69) is 43.9 Å². The zero-order valence-electron chi connectivity index (χ0n) is 18.2. The van der Waals surface area contributed by atoms with Crippen LogP contribution in [0.1, 0.15) is 19.4 Å². The summed E-state index contributed by atoms with van der Waals surface area (Å²) >= 11 is 6.99. The maximum absolute atomic E-state index is 12.9. The lowest BCUT2D eigenvalue weighted by atomic mass is 10.2. The zero-order chi connectivity index (χ0) is 22.1. The van der Waals surface area contributed by atoms with Crippen molar-refractivity contribution in [2.45, 2.75) is 31.8 Å². The van der Waals surface area contributed by atoms with E-state index in [1.807, 2.05) is 26.0 Å². The van der Waals surface area contributed by atoms with Gasteiger partial charge in [-0.15, -0.1) is 0 Å². The molecule has 0 unspecified atom stereocenters. The topological polar surface area (TPSA) is 50.4 Å². The molecule has 0 bridgehead atoms.